The van der Waals surface area contributed by atoms with E-state index in [1.54, 1.807) is 30.3 Å². The number of benzene rings is 1. The van der Waals surface area contributed by atoms with Crippen molar-refractivity contribution in [1.29, 1.82) is 0 Å². The van der Waals surface area contributed by atoms with Gasteiger partial charge in [-0.2, -0.15) is 9.46 Å². The third-order valence-corrected chi connectivity index (χ3v) is 4.72. The van der Waals surface area contributed by atoms with Crippen LogP contribution in [0, 0.1) is 10.4 Å². The number of carbonyl (C=O) groups excluding carboxylic acids is 1. The zero-order chi connectivity index (χ0) is 21.7. The van der Waals surface area contributed by atoms with Crippen molar-refractivity contribution < 1.29 is 23.7 Å². The van der Waals surface area contributed by atoms with Crippen molar-refractivity contribution in [3.8, 4) is 11.5 Å². The van der Waals surface area contributed by atoms with Crippen molar-refractivity contribution in [2.75, 3.05) is 19.0 Å². The van der Waals surface area contributed by atoms with E-state index < -0.39 is 5.91 Å². The standard InChI is InChI=1S/C20H17Cl2N3O5/c1-29-17-6-5-13(20(26)23-19-15(21)11-24(27)12-16(19)22)10-18(17)30-9-7-14-4-2-3-8-25(14)28/h2-6,8,10-12H,7,9H2,1H3,(H,23,26). The highest BCUT2D eigenvalue weighted by molar-refractivity contribution is 6.39. The lowest BCUT2D eigenvalue weighted by Crippen LogP contribution is -2.31. The molecule has 1 aromatic carbocycles. The van der Waals surface area contributed by atoms with Crippen LogP contribution in [0.5, 0.6) is 11.5 Å². The maximum absolute atomic E-state index is 12.6. The van der Waals surface area contributed by atoms with E-state index in [0.717, 1.165) is 17.1 Å². The average Bonchev–Trinajstić information content (AvgIpc) is 2.71. The number of hydrogen-bond donors (Lipinski definition) is 1. The van der Waals surface area contributed by atoms with Gasteiger partial charge in [-0.25, -0.2) is 0 Å². The Hall–Kier alpha value is -3.23. The smallest absolute Gasteiger partial charge is 0.255 e. The number of carbonyl (C=O) groups is 1. The van der Waals surface area contributed by atoms with Gasteiger partial charge in [0.15, 0.2) is 23.4 Å². The Kier molecular flexibility index (Phi) is 6.81. The molecule has 3 rings (SSSR count). The van der Waals surface area contributed by atoms with Crippen LogP contribution in [0.3, 0.4) is 0 Å². The van der Waals surface area contributed by atoms with Gasteiger partial charge in [0.05, 0.1) is 25.8 Å². The molecule has 0 bridgehead atoms. The molecule has 0 aliphatic rings. The van der Waals surface area contributed by atoms with Crippen LogP contribution in [-0.4, -0.2) is 19.6 Å². The second-order valence-electron chi connectivity index (χ2n) is 6.12. The molecule has 0 fully saturated rings. The van der Waals surface area contributed by atoms with Crippen LogP contribution < -0.4 is 24.3 Å². The van der Waals surface area contributed by atoms with Crippen LogP contribution in [0.25, 0.3) is 0 Å². The third kappa shape index (κ3) is 5.03. The highest BCUT2D eigenvalue weighted by Gasteiger charge is 2.17. The first-order chi connectivity index (χ1) is 14.4. The Morgan fingerprint density at radius 2 is 1.83 bits per heavy atom. The Balaban J connectivity index is 1.75. The molecule has 1 amide bonds. The SMILES string of the molecule is COc1ccc(C(=O)Nc2c(Cl)c[n+]([O-])cc2Cl)cc1OCCc1cccc[n+]1[O-]. The molecule has 0 unspecified atom stereocenters. The monoisotopic (exact) mass is 449 g/mol. The zero-order valence-electron chi connectivity index (χ0n) is 15.8. The van der Waals surface area contributed by atoms with Gasteiger partial charge < -0.3 is 25.2 Å². The van der Waals surface area contributed by atoms with Crippen molar-refractivity contribution >= 4 is 34.8 Å². The lowest BCUT2D eigenvalue weighted by atomic mass is 10.2. The molecule has 2 heterocycles. The fraction of sp³-hybridized carbons (Fsp3) is 0.150. The fourth-order valence-corrected chi connectivity index (χ4v) is 3.20. The third-order valence-electron chi connectivity index (χ3n) is 4.14. The summed E-state index contributed by atoms with van der Waals surface area (Å²) in [5.74, 6) is 0.259. The number of pyridine rings is 2. The Morgan fingerprint density at radius 1 is 1.10 bits per heavy atom. The Labute approximate surface area is 182 Å². The first-order valence-corrected chi connectivity index (χ1v) is 9.51. The summed E-state index contributed by atoms with van der Waals surface area (Å²) < 4.78 is 12.2. The minimum Gasteiger partial charge on any atom is -0.619 e. The average molecular weight is 450 g/mol. The number of hydrogen-bond acceptors (Lipinski definition) is 5. The molecule has 0 aliphatic heterocycles. The van der Waals surface area contributed by atoms with E-state index in [2.05, 4.69) is 5.32 Å². The number of nitrogens with one attached hydrogen (secondary N) is 1. The summed E-state index contributed by atoms with van der Waals surface area (Å²) in [5, 5.41) is 25.6. The van der Waals surface area contributed by atoms with E-state index in [0.29, 0.717) is 28.3 Å². The summed E-state index contributed by atoms with van der Waals surface area (Å²) in [6, 6.07) is 9.75. The lowest BCUT2D eigenvalue weighted by Gasteiger charge is -2.13. The fourth-order valence-electron chi connectivity index (χ4n) is 2.66. The van der Waals surface area contributed by atoms with Gasteiger partial charge in [0, 0.05) is 17.7 Å². The second kappa shape index (κ2) is 9.51. The van der Waals surface area contributed by atoms with Crippen molar-refractivity contribution in [2.24, 2.45) is 0 Å². The minimum absolute atomic E-state index is 0.00427. The van der Waals surface area contributed by atoms with Gasteiger partial charge in [-0.1, -0.05) is 29.3 Å². The number of nitrogens with zero attached hydrogens (tertiary/aromatic N) is 2. The van der Waals surface area contributed by atoms with E-state index in [9.17, 15) is 15.2 Å². The largest absolute Gasteiger partial charge is 0.619 e. The highest BCUT2D eigenvalue weighted by Crippen LogP contribution is 2.31. The first kappa shape index (κ1) is 21.5. The summed E-state index contributed by atoms with van der Waals surface area (Å²) in [7, 11) is 1.48. The Morgan fingerprint density at radius 3 is 2.50 bits per heavy atom. The zero-order valence-corrected chi connectivity index (χ0v) is 17.3. The summed E-state index contributed by atoms with van der Waals surface area (Å²) in [6.45, 7) is 0.202. The number of methoxy groups -OCH3 is 1. The van der Waals surface area contributed by atoms with E-state index in [4.69, 9.17) is 32.7 Å². The van der Waals surface area contributed by atoms with Crippen molar-refractivity contribution in [2.45, 2.75) is 6.42 Å². The van der Waals surface area contributed by atoms with E-state index in [1.165, 1.54) is 19.4 Å². The Bertz CT molecular complexity index is 1060. The second-order valence-corrected chi connectivity index (χ2v) is 6.94. The number of rotatable bonds is 7. The number of anilines is 1. The molecule has 0 spiro atoms. The molecule has 0 radical (unpaired) electrons. The van der Waals surface area contributed by atoms with Crippen LogP contribution >= 0.6 is 23.2 Å². The van der Waals surface area contributed by atoms with E-state index >= 15 is 0 Å². The first-order valence-electron chi connectivity index (χ1n) is 8.76. The van der Waals surface area contributed by atoms with Gasteiger partial charge in [-0.3, -0.25) is 4.79 Å². The van der Waals surface area contributed by atoms with Gasteiger partial charge in [-0.15, -0.1) is 0 Å². The van der Waals surface area contributed by atoms with Crippen LogP contribution in [-0.2, 0) is 6.42 Å². The molecule has 156 valence electrons. The van der Waals surface area contributed by atoms with E-state index in [-0.39, 0.29) is 27.9 Å². The van der Waals surface area contributed by atoms with E-state index in [1.807, 2.05) is 0 Å². The number of amides is 1. The molecule has 8 nitrogen and oxygen atoms in total. The molecular formula is C20H17Cl2N3O5. The lowest BCUT2D eigenvalue weighted by molar-refractivity contribution is -0.614. The molecule has 1 N–H and O–H groups in total. The van der Waals surface area contributed by atoms with Crippen LogP contribution in [0.15, 0.2) is 55.0 Å². The minimum atomic E-state index is -0.504. The summed E-state index contributed by atoms with van der Waals surface area (Å²) in [5.41, 5.74) is 0.933. The predicted octanol–water partition coefficient (Wildman–Crippen LogP) is 3.14. The highest BCUT2D eigenvalue weighted by atomic mass is 35.5. The molecule has 30 heavy (non-hydrogen) atoms. The molecule has 0 saturated carbocycles. The van der Waals surface area contributed by atoms with Gasteiger partial charge in [0.25, 0.3) is 5.91 Å². The van der Waals surface area contributed by atoms with Crippen molar-refractivity contribution in [3.63, 3.8) is 0 Å². The topological polar surface area (TPSA) is 101 Å². The number of halogens is 2. The van der Waals surface area contributed by atoms with Gasteiger partial charge in [-0.05, 0) is 18.2 Å². The number of ether oxygens (including phenoxy) is 2. The molecular weight excluding hydrogens is 433 g/mol. The van der Waals surface area contributed by atoms with Crippen LogP contribution in [0.2, 0.25) is 10.0 Å². The van der Waals surface area contributed by atoms with Gasteiger partial charge in [0.1, 0.15) is 10.0 Å². The van der Waals surface area contributed by atoms with Crippen LogP contribution in [0.1, 0.15) is 16.1 Å². The molecule has 0 aliphatic carbocycles. The van der Waals surface area contributed by atoms with Crippen LogP contribution in [0.4, 0.5) is 5.69 Å². The molecule has 3 aromatic rings. The summed E-state index contributed by atoms with van der Waals surface area (Å²) >= 11 is 12.0. The van der Waals surface area contributed by atoms with Crippen molar-refractivity contribution in [1.82, 2.24) is 0 Å². The normalized spacial score (nSPS) is 10.5. The molecule has 10 heteroatoms. The summed E-state index contributed by atoms with van der Waals surface area (Å²) in [6.07, 6.45) is 3.94. The molecule has 0 atom stereocenters. The summed E-state index contributed by atoms with van der Waals surface area (Å²) in [4.78, 5) is 12.6. The van der Waals surface area contributed by atoms with Gasteiger partial charge in [0.2, 0.25) is 12.4 Å². The molecule has 0 saturated heterocycles. The predicted molar refractivity (Wildman–Crippen MR) is 111 cm³/mol. The quantitative estimate of drug-likeness (QED) is 0.440. The maximum atomic E-state index is 12.6. The molecule has 2 aromatic heterocycles. The number of aromatic nitrogens is 2. The maximum Gasteiger partial charge on any atom is 0.255 e. The van der Waals surface area contributed by atoms with Crippen molar-refractivity contribution in [3.05, 3.63) is 86.7 Å². The van der Waals surface area contributed by atoms with Gasteiger partial charge >= 0.3 is 0 Å².